The largest absolute Gasteiger partial charge is 0.323 e. The van der Waals surface area contributed by atoms with Crippen LogP contribution in [-0.2, 0) is 5.88 Å². The van der Waals surface area contributed by atoms with Crippen LogP contribution in [-0.4, -0.2) is 9.55 Å². The maximum absolute atomic E-state index is 6.14. The monoisotopic (exact) mass is 306 g/mol. The van der Waals surface area contributed by atoms with Crippen LogP contribution in [0.2, 0.25) is 5.02 Å². The molecule has 3 fully saturated rings. The molecule has 2 nitrogen and oxygen atoms in total. The highest BCUT2D eigenvalue weighted by Gasteiger charge is 2.66. The Morgan fingerprint density at radius 2 is 1.95 bits per heavy atom. The van der Waals surface area contributed by atoms with Crippen LogP contribution in [0.3, 0.4) is 0 Å². The second kappa shape index (κ2) is 3.92. The van der Waals surface area contributed by atoms with Crippen LogP contribution in [0.15, 0.2) is 18.2 Å². The summed E-state index contributed by atoms with van der Waals surface area (Å²) < 4.78 is 2.43. The summed E-state index contributed by atoms with van der Waals surface area (Å²) in [5, 5.41) is 0.749. The summed E-state index contributed by atoms with van der Waals surface area (Å²) in [6.07, 6.45) is 4.36. The maximum Gasteiger partial charge on any atom is 0.125 e. The van der Waals surface area contributed by atoms with E-state index in [0.29, 0.717) is 11.9 Å². The van der Waals surface area contributed by atoms with E-state index in [9.17, 15) is 0 Å². The summed E-state index contributed by atoms with van der Waals surface area (Å²) in [4.78, 5) is 4.70. The standard InChI is InChI=1S/C16H16Cl2N2/c17-7-13-19-11-6-10(18)3-4-12(11)20(13)16-14-8-1-2-9(5-8)15(14)16/h3-4,6,8-9,14-16H,1-2,5,7H2. The average molecular weight is 307 g/mol. The van der Waals surface area contributed by atoms with E-state index in [0.717, 1.165) is 40.0 Å². The summed E-state index contributed by atoms with van der Waals surface area (Å²) in [7, 11) is 0. The molecule has 0 saturated heterocycles. The third-order valence-corrected chi connectivity index (χ3v) is 6.31. The van der Waals surface area contributed by atoms with Crippen molar-refractivity contribution >= 4 is 34.2 Å². The summed E-state index contributed by atoms with van der Waals surface area (Å²) in [5.41, 5.74) is 2.20. The van der Waals surface area contributed by atoms with Gasteiger partial charge in [-0.25, -0.2) is 4.98 Å². The molecule has 0 N–H and O–H groups in total. The molecule has 4 unspecified atom stereocenters. The van der Waals surface area contributed by atoms with Gasteiger partial charge in [0.1, 0.15) is 5.82 Å². The van der Waals surface area contributed by atoms with Gasteiger partial charge in [0.05, 0.1) is 16.9 Å². The Hall–Kier alpha value is -0.730. The van der Waals surface area contributed by atoms with Gasteiger partial charge in [0.25, 0.3) is 0 Å². The van der Waals surface area contributed by atoms with Crippen LogP contribution in [0, 0.1) is 23.7 Å². The second-order valence-corrected chi connectivity index (χ2v) is 7.35. The minimum atomic E-state index is 0.484. The molecule has 1 aromatic heterocycles. The zero-order valence-electron chi connectivity index (χ0n) is 11.1. The number of hydrogen-bond acceptors (Lipinski definition) is 1. The molecule has 1 heterocycles. The molecular formula is C16H16Cl2N2. The fourth-order valence-electron chi connectivity index (χ4n) is 5.17. The van der Waals surface area contributed by atoms with Crippen LogP contribution < -0.4 is 0 Å². The summed E-state index contributed by atoms with van der Waals surface area (Å²) >= 11 is 12.2. The van der Waals surface area contributed by atoms with Gasteiger partial charge in [-0.2, -0.15) is 0 Å². The third-order valence-electron chi connectivity index (χ3n) is 5.84. The summed E-state index contributed by atoms with van der Waals surface area (Å²) in [5.74, 6) is 5.21. The molecule has 5 rings (SSSR count). The van der Waals surface area contributed by atoms with Crippen molar-refractivity contribution in [1.29, 1.82) is 0 Å². The number of benzene rings is 1. The quantitative estimate of drug-likeness (QED) is 0.739. The van der Waals surface area contributed by atoms with E-state index >= 15 is 0 Å². The van der Waals surface area contributed by atoms with Gasteiger partial charge >= 0.3 is 0 Å². The minimum Gasteiger partial charge on any atom is -0.323 e. The normalized spacial score (nSPS) is 37.6. The lowest BCUT2D eigenvalue weighted by Crippen LogP contribution is -2.07. The van der Waals surface area contributed by atoms with E-state index in [2.05, 4.69) is 10.6 Å². The Labute approximate surface area is 128 Å². The molecule has 104 valence electrons. The van der Waals surface area contributed by atoms with Gasteiger partial charge < -0.3 is 4.57 Å². The predicted octanol–water partition coefficient (Wildman–Crippen LogP) is 4.65. The lowest BCUT2D eigenvalue weighted by molar-refractivity contribution is 0.454. The molecule has 2 bridgehead atoms. The second-order valence-electron chi connectivity index (χ2n) is 6.64. The highest BCUT2D eigenvalue weighted by Crippen LogP contribution is 2.72. The van der Waals surface area contributed by atoms with Crippen molar-refractivity contribution in [3.05, 3.63) is 29.0 Å². The summed E-state index contributed by atoms with van der Waals surface area (Å²) in [6, 6.07) is 6.68. The van der Waals surface area contributed by atoms with E-state index in [1.807, 2.05) is 12.1 Å². The fraction of sp³-hybridized carbons (Fsp3) is 0.562. The van der Waals surface area contributed by atoms with E-state index in [4.69, 9.17) is 28.2 Å². The van der Waals surface area contributed by atoms with Crippen molar-refractivity contribution in [3.8, 4) is 0 Å². The number of hydrogen-bond donors (Lipinski definition) is 0. The smallest absolute Gasteiger partial charge is 0.125 e. The van der Waals surface area contributed by atoms with Gasteiger partial charge in [0, 0.05) is 11.1 Å². The number of halogens is 2. The number of nitrogens with zero attached hydrogens (tertiary/aromatic N) is 2. The molecule has 0 amide bonds. The van der Waals surface area contributed by atoms with Gasteiger partial charge in [-0.05, 0) is 61.1 Å². The minimum absolute atomic E-state index is 0.484. The van der Waals surface area contributed by atoms with Crippen molar-refractivity contribution in [2.24, 2.45) is 23.7 Å². The molecule has 1 aromatic carbocycles. The first kappa shape index (κ1) is 11.9. The lowest BCUT2D eigenvalue weighted by atomic mass is 10.0. The van der Waals surface area contributed by atoms with Gasteiger partial charge in [-0.15, -0.1) is 11.6 Å². The van der Waals surface area contributed by atoms with Crippen LogP contribution in [0.1, 0.15) is 31.1 Å². The van der Waals surface area contributed by atoms with Gasteiger partial charge in [-0.1, -0.05) is 11.6 Å². The van der Waals surface area contributed by atoms with E-state index in [1.54, 1.807) is 0 Å². The summed E-state index contributed by atoms with van der Waals surface area (Å²) in [6.45, 7) is 0. The Bertz CT molecular complexity index is 692. The molecule has 0 radical (unpaired) electrons. The molecule has 3 aliphatic carbocycles. The molecule has 0 aliphatic heterocycles. The van der Waals surface area contributed by atoms with E-state index < -0.39 is 0 Å². The zero-order valence-corrected chi connectivity index (χ0v) is 12.6. The van der Waals surface area contributed by atoms with E-state index in [-0.39, 0.29) is 0 Å². The van der Waals surface area contributed by atoms with Crippen LogP contribution in [0.5, 0.6) is 0 Å². The van der Waals surface area contributed by atoms with Crippen LogP contribution in [0.4, 0.5) is 0 Å². The van der Waals surface area contributed by atoms with Crippen molar-refractivity contribution in [2.75, 3.05) is 0 Å². The molecule has 2 aromatic rings. The molecule has 20 heavy (non-hydrogen) atoms. The van der Waals surface area contributed by atoms with E-state index in [1.165, 1.54) is 24.8 Å². The van der Waals surface area contributed by atoms with Gasteiger partial charge in [0.2, 0.25) is 0 Å². The Kier molecular flexibility index (Phi) is 2.33. The fourth-order valence-corrected chi connectivity index (χ4v) is 5.53. The Morgan fingerprint density at radius 1 is 1.20 bits per heavy atom. The van der Waals surface area contributed by atoms with Crippen LogP contribution in [0.25, 0.3) is 11.0 Å². The Morgan fingerprint density at radius 3 is 2.65 bits per heavy atom. The molecule has 4 atom stereocenters. The van der Waals surface area contributed by atoms with Crippen molar-refractivity contribution in [3.63, 3.8) is 0 Å². The third kappa shape index (κ3) is 1.39. The highest BCUT2D eigenvalue weighted by atomic mass is 35.5. The van der Waals surface area contributed by atoms with Crippen LogP contribution >= 0.6 is 23.2 Å². The molecule has 3 saturated carbocycles. The molecular weight excluding hydrogens is 291 g/mol. The topological polar surface area (TPSA) is 17.8 Å². The number of fused-ring (bicyclic) bond motifs is 6. The van der Waals surface area contributed by atoms with Gasteiger partial charge in [-0.3, -0.25) is 0 Å². The highest BCUT2D eigenvalue weighted by molar-refractivity contribution is 6.31. The van der Waals surface area contributed by atoms with Crippen molar-refractivity contribution in [2.45, 2.75) is 31.2 Å². The first-order valence-electron chi connectivity index (χ1n) is 7.50. The van der Waals surface area contributed by atoms with Gasteiger partial charge in [0.15, 0.2) is 0 Å². The van der Waals surface area contributed by atoms with Crippen molar-refractivity contribution < 1.29 is 0 Å². The first-order chi connectivity index (χ1) is 9.78. The molecule has 3 aliphatic rings. The maximum atomic E-state index is 6.14. The lowest BCUT2D eigenvalue weighted by Gasteiger charge is -2.13. The average Bonchev–Trinajstić information content (AvgIpc) is 2.80. The first-order valence-corrected chi connectivity index (χ1v) is 8.41. The SMILES string of the molecule is ClCc1nc2cc(Cl)ccc2n1C1C2C3CCC(C3)C21. The number of alkyl halides is 1. The number of rotatable bonds is 2. The van der Waals surface area contributed by atoms with Crippen molar-refractivity contribution in [1.82, 2.24) is 9.55 Å². The zero-order chi connectivity index (χ0) is 13.4. The predicted molar refractivity (Wildman–Crippen MR) is 81.1 cm³/mol. The molecule has 0 spiro atoms. The number of imidazole rings is 1. The molecule has 4 heteroatoms. The Balaban J connectivity index is 1.65. The number of aromatic nitrogens is 2.